The van der Waals surface area contributed by atoms with Gasteiger partial charge >= 0.3 is 5.97 Å². The fraction of sp³-hybridized carbons (Fsp3) is 0.643. The maximum absolute atomic E-state index is 11.7. The van der Waals surface area contributed by atoms with Crippen LogP contribution in [-0.2, 0) is 20.4 Å². The zero-order valence-electron chi connectivity index (χ0n) is 10.5. The third kappa shape index (κ3) is 3.38. The molecule has 2 aliphatic rings. The van der Waals surface area contributed by atoms with Crippen LogP contribution in [0.25, 0.3) is 0 Å². The van der Waals surface area contributed by atoms with E-state index in [9.17, 15) is 4.79 Å². The van der Waals surface area contributed by atoms with Crippen LogP contribution >= 0.6 is 0 Å². The van der Waals surface area contributed by atoms with E-state index >= 15 is 0 Å². The van der Waals surface area contributed by atoms with Gasteiger partial charge in [0.25, 0.3) is 0 Å². The fourth-order valence-corrected chi connectivity index (χ4v) is 4.64. The summed E-state index contributed by atoms with van der Waals surface area (Å²) in [6.07, 6.45) is 11.2. The summed E-state index contributed by atoms with van der Waals surface area (Å²) in [5, 5.41) is 0. The summed E-state index contributed by atoms with van der Waals surface area (Å²) in [7, 11) is 0.139. The molecule has 17 heavy (non-hydrogen) atoms. The lowest BCUT2D eigenvalue weighted by molar-refractivity contribution is -0.140. The second-order valence-electron chi connectivity index (χ2n) is 4.62. The van der Waals surface area contributed by atoms with Crippen molar-refractivity contribution in [1.82, 2.24) is 0 Å². The molecular formula is C14H21O2S+. The van der Waals surface area contributed by atoms with Crippen LogP contribution in [0.2, 0.25) is 0 Å². The van der Waals surface area contributed by atoms with Crippen molar-refractivity contribution in [3.8, 4) is 0 Å². The second-order valence-corrected chi connectivity index (χ2v) is 6.77. The predicted octanol–water partition coefficient (Wildman–Crippen LogP) is 2.81. The summed E-state index contributed by atoms with van der Waals surface area (Å²) in [6.45, 7) is 2.70. The number of esters is 1. The summed E-state index contributed by atoms with van der Waals surface area (Å²) < 4.78 is 5.25. The molecule has 0 aromatic carbocycles. The largest absolute Gasteiger partial charge is 0.462 e. The number of carbonyl (C=O) groups is 1. The zero-order valence-corrected chi connectivity index (χ0v) is 11.3. The van der Waals surface area contributed by atoms with Gasteiger partial charge in [0.15, 0.2) is 0 Å². The van der Waals surface area contributed by atoms with E-state index in [2.05, 4.69) is 25.2 Å². The Kier molecular flexibility index (Phi) is 4.72. The molecule has 2 rings (SSSR count). The summed E-state index contributed by atoms with van der Waals surface area (Å²) in [5.74, 6) is 2.39. The number of allylic oxidation sites excluding steroid dienone is 4. The molecule has 0 spiro atoms. The van der Waals surface area contributed by atoms with Crippen LogP contribution in [-0.4, -0.2) is 24.1 Å². The maximum Gasteiger partial charge on any atom is 0.356 e. The van der Waals surface area contributed by atoms with Crippen LogP contribution in [0.15, 0.2) is 23.1 Å². The predicted molar refractivity (Wildman–Crippen MR) is 72.9 cm³/mol. The van der Waals surface area contributed by atoms with Gasteiger partial charge in [-0.1, -0.05) is 25.5 Å². The van der Waals surface area contributed by atoms with Gasteiger partial charge in [-0.2, -0.15) is 0 Å². The first-order valence-electron chi connectivity index (χ1n) is 6.52. The van der Waals surface area contributed by atoms with Gasteiger partial charge in [-0.05, 0) is 25.3 Å². The molecule has 0 bridgehead atoms. The molecule has 0 aromatic rings. The van der Waals surface area contributed by atoms with E-state index in [0.29, 0.717) is 18.3 Å². The van der Waals surface area contributed by atoms with E-state index in [0.717, 1.165) is 12.8 Å². The van der Waals surface area contributed by atoms with Crippen LogP contribution in [0, 0.1) is 5.92 Å². The number of unbranched alkanes of at least 4 members (excludes halogenated alkanes) is 1. The van der Waals surface area contributed by atoms with Crippen molar-refractivity contribution in [3.63, 3.8) is 0 Å². The molecule has 0 amide bonds. The molecule has 2 atom stereocenters. The van der Waals surface area contributed by atoms with E-state index in [-0.39, 0.29) is 16.9 Å². The van der Waals surface area contributed by atoms with Gasteiger partial charge in [0.1, 0.15) is 10.7 Å². The zero-order chi connectivity index (χ0) is 12.1. The van der Waals surface area contributed by atoms with Crippen molar-refractivity contribution in [2.75, 3.05) is 18.1 Å². The third-order valence-electron chi connectivity index (χ3n) is 3.26. The fourth-order valence-electron chi connectivity index (χ4n) is 2.32. The van der Waals surface area contributed by atoms with Crippen molar-refractivity contribution < 1.29 is 9.53 Å². The highest BCUT2D eigenvalue weighted by molar-refractivity contribution is 8.01. The number of hydrogen-bond donors (Lipinski definition) is 0. The van der Waals surface area contributed by atoms with Gasteiger partial charge in [-0.25, -0.2) is 4.79 Å². The molecular weight excluding hydrogens is 232 g/mol. The van der Waals surface area contributed by atoms with Crippen LogP contribution in [0.3, 0.4) is 0 Å². The van der Waals surface area contributed by atoms with Crippen LogP contribution in [0.4, 0.5) is 0 Å². The number of hydrogen-bond acceptors (Lipinski definition) is 2. The van der Waals surface area contributed by atoms with E-state index in [1.54, 1.807) is 0 Å². The SMILES string of the molecule is CCCCOC(=O)C[S+]1CCCC2C=CC=C21. The maximum atomic E-state index is 11.7. The van der Waals surface area contributed by atoms with Crippen molar-refractivity contribution >= 4 is 16.9 Å². The quantitative estimate of drug-likeness (QED) is 0.428. The third-order valence-corrected chi connectivity index (χ3v) is 5.73. The number of fused-ring (bicyclic) bond motifs is 1. The summed E-state index contributed by atoms with van der Waals surface area (Å²) in [5.41, 5.74) is 0. The molecule has 1 aliphatic carbocycles. The van der Waals surface area contributed by atoms with Crippen molar-refractivity contribution in [2.45, 2.75) is 32.6 Å². The van der Waals surface area contributed by atoms with Gasteiger partial charge in [0, 0.05) is 16.8 Å². The smallest absolute Gasteiger partial charge is 0.356 e. The first-order chi connectivity index (χ1) is 8.31. The topological polar surface area (TPSA) is 26.3 Å². The Balaban J connectivity index is 1.80. The molecule has 3 heteroatoms. The molecule has 0 N–H and O–H groups in total. The number of rotatable bonds is 5. The van der Waals surface area contributed by atoms with Gasteiger partial charge in [0.2, 0.25) is 5.75 Å². The molecule has 0 radical (unpaired) electrons. The summed E-state index contributed by atoms with van der Waals surface area (Å²) >= 11 is 0. The molecule has 0 saturated carbocycles. The van der Waals surface area contributed by atoms with Crippen molar-refractivity contribution in [3.05, 3.63) is 23.1 Å². The van der Waals surface area contributed by atoms with Gasteiger partial charge in [-0.15, -0.1) is 0 Å². The molecule has 2 unspecified atom stereocenters. The molecule has 1 saturated heterocycles. The van der Waals surface area contributed by atoms with Crippen LogP contribution < -0.4 is 0 Å². The highest BCUT2D eigenvalue weighted by Gasteiger charge is 2.37. The van der Waals surface area contributed by atoms with Gasteiger partial charge < -0.3 is 4.74 Å². The monoisotopic (exact) mass is 253 g/mol. The molecule has 94 valence electrons. The van der Waals surface area contributed by atoms with E-state index in [4.69, 9.17) is 4.74 Å². The van der Waals surface area contributed by atoms with Crippen molar-refractivity contribution in [2.24, 2.45) is 5.92 Å². The lowest BCUT2D eigenvalue weighted by Gasteiger charge is -2.20. The lowest BCUT2D eigenvalue weighted by atomic mass is 10.1. The molecule has 1 heterocycles. The minimum atomic E-state index is -0.00441. The van der Waals surface area contributed by atoms with E-state index in [1.807, 2.05) is 0 Å². The number of ether oxygens (including phenoxy) is 1. The van der Waals surface area contributed by atoms with Crippen LogP contribution in [0.1, 0.15) is 32.6 Å². The first-order valence-corrected chi connectivity index (χ1v) is 8.09. The Bertz CT molecular complexity index is 333. The average Bonchev–Trinajstić information content (AvgIpc) is 2.78. The van der Waals surface area contributed by atoms with E-state index < -0.39 is 0 Å². The highest BCUT2D eigenvalue weighted by atomic mass is 32.2. The van der Waals surface area contributed by atoms with Gasteiger partial charge in [0.05, 0.1) is 6.61 Å². The summed E-state index contributed by atoms with van der Waals surface area (Å²) in [4.78, 5) is 13.2. The molecule has 1 fully saturated rings. The van der Waals surface area contributed by atoms with Gasteiger partial charge in [-0.3, -0.25) is 0 Å². The van der Waals surface area contributed by atoms with E-state index in [1.165, 1.54) is 23.5 Å². The molecule has 2 nitrogen and oxygen atoms in total. The summed E-state index contributed by atoms with van der Waals surface area (Å²) in [6, 6.07) is 0. The first kappa shape index (κ1) is 12.7. The normalized spacial score (nSPS) is 26.5. The Labute approximate surface area is 106 Å². The minimum absolute atomic E-state index is 0.00441. The Hall–Kier alpha value is -0.700. The Morgan fingerprint density at radius 1 is 1.59 bits per heavy atom. The van der Waals surface area contributed by atoms with Crippen molar-refractivity contribution in [1.29, 1.82) is 0 Å². The Morgan fingerprint density at radius 2 is 2.47 bits per heavy atom. The minimum Gasteiger partial charge on any atom is -0.462 e. The second kappa shape index (κ2) is 6.29. The lowest BCUT2D eigenvalue weighted by Crippen LogP contribution is -2.28. The average molecular weight is 253 g/mol. The molecule has 0 aromatic heterocycles. The highest BCUT2D eigenvalue weighted by Crippen LogP contribution is 2.35. The standard InChI is InChI=1S/C14H21O2S/c1-2-3-9-16-14(15)11-17-10-5-7-12-6-4-8-13(12)17/h4,6,8,12H,2-3,5,7,9-11H2,1H3/q+1. The Morgan fingerprint density at radius 3 is 3.29 bits per heavy atom. The number of carbonyl (C=O) groups excluding carboxylic acids is 1. The van der Waals surface area contributed by atoms with Crippen LogP contribution in [0.5, 0.6) is 0 Å². The molecule has 1 aliphatic heterocycles.